The molecule has 12 heavy (non-hydrogen) atoms. The van der Waals surface area contributed by atoms with Crippen LogP contribution >= 0.6 is 0 Å². The second-order valence-corrected chi connectivity index (χ2v) is 4.40. The van der Waals surface area contributed by atoms with Crippen molar-refractivity contribution in [3.05, 3.63) is 0 Å². The van der Waals surface area contributed by atoms with Crippen LogP contribution in [0.5, 0.6) is 0 Å². The van der Waals surface area contributed by atoms with Gasteiger partial charge in [-0.05, 0) is 31.1 Å². The Labute approximate surface area is 77.2 Å². The van der Waals surface area contributed by atoms with E-state index in [9.17, 15) is 5.11 Å². The smallest absolute Gasteiger partial charge is 0.0542 e. The molecule has 3 atom stereocenters. The third-order valence-electron chi connectivity index (χ3n) is 2.85. The Balaban J connectivity index is 3.95. The van der Waals surface area contributed by atoms with Crippen LogP contribution in [0.15, 0.2) is 0 Å². The molecule has 0 heterocycles. The molecule has 0 aromatic carbocycles. The van der Waals surface area contributed by atoms with Gasteiger partial charge in [0.2, 0.25) is 0 Å². The topological polar surface area (TPSA) is 20.2 Å². The average Bonchev–Trinajstić information content (AvgIpc) is 1.98. The highest BCUT2D eigenvalue weighted by atomic mass is 16.3. The van der Waals surface area contributed by atoms with Crippen molar-refractivity contribution < 1.29 is 5.11 Å². The molecule has 0 bridgehead atoms. The van der Waals surface area contributed by atoms with Gasteiger partial charge in [0, 0.05) is 0 Å². The molecule has 0 rings (SSSR count). The van der Waals surface area contributed by atoms with Crippen molar-refractivity contribution in [1.29, 1.82) is 0 Å². The fourth-order valence-corrected chi connectivity index (χ4v) is 1.66. The normalized spacial score (nSPS) is 19.2. The molecule has 0 saturated carbocycles. The minimum Gasteiger partial charge on any atom is -0.393 e. The van der Waals surface area contributed by atoms with Gasteiger partial charge in [0.05, 0.1) is 6.10 Å². The first-order chi connectivity index (χ1) is 5.49. The molecule has 1 N–H and O–H groups in total. The van der Waals surface area contributed by atoms with Crippen LogP contribution in [0, 0.1) is 17.8 Å². The summed E-state index contributed by atoms with van der Waals surface area (Å²) < 4.78 is 0. The van der Waals surface area contributed by atoms with Crippen molar-refractivity contribution >= 4 is 0 Å². The van der Waals surface area contributed by atoms with Crippen molar-refractivity contribution in [2.45, 2.75) is 53.6 Å². The summed E-state index contributed by atoms with van der Waals surface area (Å²) in [5, 5.41) is 9.53. The van der Waals surface area contributed by atoms with Crippen molar-refractivity contribution in [2.24, 2.45) is 17.8 Å². The lowest BCUT2D eigenvalue weighted by Crippen LogP contribution is -2.24. The average molecular weight is 172 g/mol. The maximum atomic E-state index is 9.53. The van der Waals surface area contributed by atoms with Crippen molar-refractivity contribution in [1.82, 2.24) is 0 Å². The largest absolute Gasteiger partial charge is 0.393 e. The van der Waals surface area contributed by atoms with Crippen LogP contribution in [-0.2, 0) is 0 Å². The Kier molecular flexibility index (Phi) is 5.56. The number of hydrogen-bond acceptors (Lipinski definition) is 1. The SMILES string of the molecule is CCC(C)CC(C(C)C)C(C)O. The minimum absolute atomic E-state index is 0.154. The quantitative estimate of drug-likeness (QED) is 0.675. The molecule has 0 aliphatic carbocycles. The van der Waals surface area contributed by atoms with Gasteiger partial charge >= 0.3 is 0 Å². The molecule has 0 aromatic rings. The Hall–Kier alpha value is -0.0400. The van der Waals surface area contributed by atoms with Gasteiger partial charge in [-0.25, -0.2) is 0 Å². The first-order valence-electron chi connectivity index (χ1n) is 5.17. The number of aliphatic hydroxyl groups excluding tert-OH is 1. The molecule has 0 aliphatic rings. The molecule has 0 amide bonds. The molecule has 0 saturated heterocycles. The van der Waals surface area contributed by atoms with Crippen LogP contribution in [0.3, 0.4) is 0 Å². The summed E-state index contributed by atoms with van der Waals surface area (Å²) in [6.07, 6.45) is 2.22. The Morgan fingerprint density at radius 3 is 1.83 bits per heavy atom. The van der Waals surface area contributed by atoms with Gasteiger partial charge in [-0.1, -0.05) is 34.1 Å². The number of rotatable bonds is 5. The zero-order valence-corrected chi connectivity index (χ0v) is 9.17. The van der Waals surface area contributed by atoms with E-state index in [0.717, 1.165) is 12.3 Å². The fourth-order valence-electron chi connectivity index (χ4n) is 1.66. The van der Waals surface area contributed by atoms with Crippen LogP contribution in [0.1, 0.15) is 47.5 Å². The van der Waals surface area contributed by atoms with E-state index in [-0.39, 0.29) is 6.10 Å². The molecule has 1 heteroatoms. The molecule has 0 fully saturated rings. The van der Waals surface area contributed by atoms with E-state index in [2.05, 4.69) is 27.7 Å². The second-order valence-electron chi connectivity index (χ2n) is 4.40. The van der Waals surface area contributed by atoms with E-state index < -0.39 is 0 Å². The second kappa shape index (κ2) is 5.58. The van der Waals surface area contributed by atoms with E-state index in [1.165, 1.54) is 6.42 Å². The zero-order valence-electron chi connectivity index (χ0n) is 9.17. The summed E-state index contributed by atoms with van der Waals surface area (Å²) >= 11 is 0. The first kappa shape index (κ1) is 12.0. The Morgan fingerprint density at radius 2 is 1.58 bits per heavy atom. The molecule has 1 nitrogen and oxygen atoms in total. The van der Waals surface area contributed by atoms with Gasteiger partial charge in [0.15, 0.2) is 0 Å². The fraction of sp³-hybridized carbons (Fsp3) is 1.00. The molecule has 0 spiro atoms. The third-order valence-corrected chi connectivity index (χ3v) is 2.85. The van der Waals surface area contributed by atoms with E-state index in [0.29, 0.717) is 11.8 Å². The summed E-state index contributed by atoms with van der Waals surface area (Å²) in [5.74, 6) is 1.81. The molecule has 0 aromatic heterocycles. The third kappa shape index (κ3) is 4.10. The van der Waals surface area contributed by atoms with Crippen molar-refractivity contribution in [2.75, 3.05) is 0 Å². The van der Waals surface area contributed by atoms with Crippen molar-refractivity contribution in [3.63, 3.8) is 0 Å². The first-order valence-corrected chi connectivity index (χ1v) is 5.17. The maximum absolute atomic E-state index is 9.53. The molecule has 3 unspecified atom stereocenters. The lowest BCUT2D eigenvalue weighted by atomic mass is 9.83. The van der Waals surface area contributed by atoms with E-state index in [1.807, 2.05) is 6.92 Å². The van der Waals surface area contributed by atoms with Crippen LogP contribution in [-0.4, -0.2) is 11.2 Å². The predicted octanol–water partition coefficient (Wildman–Crippen LogP) is 3.08. The lowest BCUT2D eigenvalue weighted by Gasteiger charge is -2.26. The van der Waals surface area contributed by atoms with Crippen LogP contribution in [0.25, 0.3) is 0 Å². The highest BCUT2D eigenvalue weighted by Gasteiger charge is 2.20. The van der Waals surface area contributed by atoms with Gasteiger partial charge in [0.1, 0.15) is 0 Å². The van der Waals surface area contributed by atoms with E-state index >= 15 is 0 Å². The lowest BCUT2D eigenvalue weighted by molar-refractivity contribution is 0.0813. The van der Waals surface area contributed by atoms with Crippen LogP contribution in [0.2, 0.25) is 0 Å². The summed E-state index contributed by atoms with van der Waals surface area (Å²) in [4.78, 5) is 0. The summed E-state index contributed by atoms with van der Waals surface area (Å²) in [6, 6.07) is 0. The van der Waals surface area contributed by atoms with E-state index in [4.69, 9.17) is 0 Å². The Bertz CT molecular complexity index is 99.6. The monoisotopic (exact) mass is 172 g/mol. The maximum Gasteiger partial charge on any atom is 0.0542 e. The summed E-state index contributed by atoms with van der Waals surface area (Å²) in [5.41, 5.74) is 0. The van der Waals surface area contributed by atoms with Crippen molar-refractivity contribution in [3.8, 4) is 0 Å². The van der Waals surface area contributed by atoms with Gasteiger partial charge in [-0.2, -0.15) is 0 Å². The summed E-state index contributed by atoms with van der Waals surface area (Å²) in [7, 11) is 0. The minimum atomic E-state index is -0.154. The molecule has 0 aliphatic heterocycles. The van der Waals surface area contributed by atoms with Gasteiger partial charge in [0.25, 0.3) is 0 Å². The predicted molar refractivity (Wildman–Crippen MR) is 54.1 cm³/mol. The van der Waals surface area contributed by atoms with Crippen LogP contribution in [0.4, 0.5) is 0 Å². The number of aliphatic hydroxyl groups is 1. The van der Waals surface area contributed by atoms with Gasteiger partial charge < -0.3 is 5.11 Å². The number of hydrogen-bond donors (Lipinski definition) is 1. The van der Waals surface area contributed by atoms with E-state index in [1.54, 1.807) is 0 Å². The molecule has 0 radical (unpaired) electrons. The van der Waals surface area contributed by atoms with Crippen LogP contribution < -0.4 is 0 Å². The molecule has 74 valence electrons. The molecular weight excluding hydrogens is 148 g/mol. The van der Waals surface area contributed by atoms with Gasteiger partial charge in [-0.3, -0.25) is 0 Å². The standard InChI is InChI=1S/C11H24O/c1-6-9(4)7-11(8(2)3)10(5)12/h8-12H,6-7H2,1-5H3. The Morgan fingerprint density at radius 1 is 1.08 bits per heavy atom. The zero-order chi connectivity index (χ0) is 9.72. The highest BCUT2D eigenvalue weighted by Crippen LogP contribution is 2.24. The van der Waals surface area contributed by atoms with Gasteiger partial charge in [-0.15, -0.1) is 0 Å². The summed E-state index contributed by atoms with van der Waals surface area (Å²) in [6.45, 7) is 10.8. The molecular formula is C11H24O. The highest BCUT2D eigenvalue weighted by molar-refractivity contribution is 4.70.